The highest BCUT2D eigenvalue weighted by molar-refractivity contribution is 5.81. The minimum Gasteiger partial charge on any atom is -0.381 e. The van der Waals surface area contributed by atoms with Gasteiger partial charge in [-0.15, -0.1) is 0 Å². The van der Waals surface area contributed by atoms with Gasteiger partial charge in [0.2, 0.25) is 0 Å². The Balaban J connectivity index is 1.34. The molecule has 4 rings (SSSR count). The number of rotatable bonds is 4. The number of hydrogen-bond acceptors (Lipinski definition) is 3. The van der Waals surface area contributed by atoms with E-state index < -0.39 is 0 Å². The van der Waals surface area contributed by atoms with E-state index >= 15 is 0 Å². The van der Waals surface area contributed by atoms with Crippen molar-refractivity contribution in [2.24, 2.45) is 0 Å². The normalized spacial score (nSPS) is 16.3. The molecule has 0 radical (unpaired) electrons. The van der Waals surface area contributed by atoms with Crippen LogP contribution >= 0.6 is 0 Å². The lowest BCUT2D eigenvalue weighted by Crippen LogP contribution is -2.38. The molecule has 1 aliphatic rings. The van der Waals surface area contributed by atoms with E-state index in [1.54, 1.807) is 0 Å². The molecule has 1 fully saturated rings. The van der Waals surface area contributed by atoms with E-state index in [0.717, 1.165) is 30.8 Å². The van der Waals surface area contributed by atoms with Crippen LogP contribution in [0.3, 0.4) is 0 Å². The monoisotopic (exact) mass is 317 g/mol. The number of para-hydroxylation sites is 1. The quantitative estimate of drug-likeness (QED) is 0.777. The maximum atomic E-state index is 4.54. The van der Waals surface area contributed by atoms with E-state index in [4.69, 9.17) is 0 Å². The van der Waals surface area contributed by atoms with E-state index in [9.17, 15) is 0 Å². The molecular formula is C21H23N3. The first-order valence-corrected chi connectivity index (χ1v) is 8.74. The summed E-state index contributed by atoms with van der Waals surface area (Å²) in [5, 5.41) is 4.87. The maximum Gasteiger partial charge on any atom is 0.0703 e. The summed E-state index contributed by atoms with van der Waals surface area (Å²) < 4.78 is 0. The molecule has 3 aromatic rings. The number of piperidine rings is 1. The summed E-state index contributed by atoms with van der Waals surface area (Å²) in [6.07, 6.45) is 4.32. The highest BCUT2D eigenvalue weighted by atomic mass is 15.1. The lowest BCUT2D eigenvalue weighted by molar-refractivity contribution is 0.211. The van der Waals surface area contributed by atoms with Gasteiger partial charge in [-0.1, -0.05) is 48.5 Å². The molecule has 0 atom stereocenters. The average molecular weight is 317 g/mol. The Bertz CT molecular complexity index is 792. The van der Waals surface area contributed by atoms with Crippen LogP contribution in [-0.2, 0) is 6.54 Å². The average Bonchev–Trinajstić information content (AvgIpc) is 2.64. The molecule has 0 aliphatic carbocycles. The van der Waals surface area contributed by atoms with Crippen molar-refractivity contribution < 1.29 is 0 Å². The summed E-state index contributed by atoms with van der Waals surface area (Å²) in [6, 6.07) is 21.8. The van der Waals surface area contributed by atoms with Crippen LogP contribution in [0.15, 0.2) is 66.9 Å². The number of nitrogens with zero attached hydrogens (tertiary/aromatic N) is 2. The van der Waals surface area contributed by atoms with Crippen LogP contribution in [0.1, 0.15) is 18.4 Å². The molecule has 2 heterocycles. The maximum absolute atomic E-state index is 4.54. The van der Waals surface area contributed by atoms with Gasteiger partial charge in [0.1, 0.15) is 0 Å². The third-order valence-electron chi connectivity index (χ3n) is 4.80. The first-order chi connectivity index (χ1) is 11.9. The van der Waals surface area contributed by atoms with Crippen LogP contribution in [0, 0.1) is 0 Å². The fourth-order valence-corrected chi connectivity index (χ4v) is 3.46. The van der Waals surface area contributed by atoms with E-state index in [2.05, 4.69) is 69.8 Å². The number of fused-ring (bicyclic) bond motifs is 1. The Kier molecular flexibility index (Phi) is 4.43. The molecule has 0 amide bonds. The lowest BCUT2D eigenvalue weighted by Gasteiger charge is -2.32. The van der Waals surface area contributed by atoms with Gasteiger partial charge in [-0.05, 0) is 30.5 Å². The van der Waals surface area contributed by atoms with Gasteiger partial charge in [0.15, 0.2) is 0 Å². The molecule has 122 valence electrons. The van der Waals surface area contributed by atoms with Crippen LogP contribution in [0.4, 0.5) is 5.69 Å². The van der Waals surface area contributed by atoms with Gasteiger partial charge in [0.05, 0.1) is 17.4 Å². The second-order valence-electron chi connectivity index (χ2n) is 6.60. The van der Waals surface area contributed by atoms with Crippen molar-refractivity contribution in [1.29, 1.82) is 0 Å². The minimum atomic E-state index is 0.542. The summed E-state index contributed by atoms with van der Waals surface area (Å²) in [4.78, 5) is 7.09. The second kappa shape index (κ2) is 7.02. The predicted molar refractivity (Wildman–Crippen MR) is 100 cm³/mol. The zero-order chi connectivity index (χ0) is 16.2. The molecule has 0 saturated carbocycles. The van der Waals surface area contributed by atoms with Gasteiger partial charge in [-0.3, -0.25) is 9.88 Å². The summed E-state index contributed by atoms with van der Waals surface area (Å²) in [5.74, 6) is 0. The Morgan fingerprint density at radius 1 is 0.958 bits per heavy atom. The third kappa shape index (κ3) is 3.57. The molecule has 1 N–H and O–H groups in total. The Morgan fingerprint density at radius 3 is 2.54 bits per heavy atom. The molecule has 1 aliphatic heterocycles. The molecule has 24 heavy (non-hydrogen) atoms. The van der Waals surface area contributed by atoms with Crippen molar-refractivity contribution in [2.45, 2.75) is 25.4 Å². The molecule has 3 nitrogen and oxygen atoms in total. The van der Waals surface area contributed by atoms with Crippen molar-refractivity contribution in [3.8, 4) is 0 Å². The number of hydrogen-bond donors (Lipinski definition) is 1. The van der Waals surface area contributed by atoms with Gasteiger partial charge in [0.25, 0.3) is 0 Å². The highest BCUT2D eigenvalue weighted by Crippen LogP contribution is 2.20. The number of likely N-dealkylation sites (tertiary alicyclic amines) is 1. The van der Waals surface area contributed by atoms with Crippen LogP contribution in [0.25, 0.3) is 10.9 Å². The highest BCUT2D eigenvalue weighted by Gasteiger charge is 2.19. The second-order valence-corrected chi connectivity index (χ2v) is 6.60. The Labute approximate surface area is 143 Å². The molecule has 0 spiro atoms. The largest absolute Gasteiger partial charge is 0.381 e. The van der Waals surface area contributed by atoms with Gasteiger partial charge < -0.3 is 5.32 Å². The topological polar surface area (TPSA) is 28.2 Å². The van der Waals surface area contributed by atoms with Gasteiger partial charge >= 0.3 is 0 Å². The van der Waals surface area contributed by atoms with Crippen molar-refractivity contribution in [3.05, 3.63) is 72.4 Å². The van der Waals surface area contributed by atoms with E-state index in [0.29, 0.717) is 6.04 Å². The number of benzene rings is 2. The van der Waals surface area contributed by atoms with Crippen LogP contribution in [0.5, 0.6) is 0 Å². The minimum absolute atomic E-state index is 0.542. The van der Waals surface area contributed by atoms with Crippen LogP contribution in [-0.4, -0.2) is 29.0 Å². The SMILES string of the molecule is c1ccc(CN2CCC(Nc3cnc4ccccc4c3)CC2)cc1. The van der Waals surface area contributed by atoms with E-state index in [1.165, 1.54) is 23.8 Å². The van der Waals surface area contributed by atoms with Gasteiger partial charge in [-0.25, -0.2) is 0 Å². The molecule has 1 aromatic heterocycles. The van der Waals surface area contributed by atoms with Crippen LogP contribution in [0.2, 0.25) is 0 Å². The Hall–Kier alpha value is -2.39. The molecular weight excluding hydrogens is 294 g/mol. The zero-order valence-electron chi connectivity index (χ0n) is 13.9. The van der Waals surface area contributed by atoms with Gasteiger partial charge in [-0.2, -0.15) is 0 Å². The third-order valence-corrected chi connectivity index (χ3v) is 4.80. The first-order valence-electron chi connectivity index (χ1n) is 8.74. The Morgan fingerprint density at radius 2 is 1.71 bits per heavy atom. The number of aromatic nitrogens is 1. The van der Waals surface area contributed by atoms with Gasteiger partial charge in [0, 0.05) is 31.1 Å². The fraction of sp³-hybridized carbons (Fsp3) is 0.286. The first kappa shape index (κ1) is 15.2. The molecule has 0 bridgehead atoms. The number of nitrogens with one attached hydrogen (secondary N) is 1. The number of pyridine rings is 1. The van der Waals surface area contributed by atoms with Crippen LogP contribution < -0.4 is 5.32 Å². The van der Waals surface area contributed by atoms with Crippen molar-refractivity contribution in [3.63, 3.8) is 0 Å². The molecule has 3 heteroatoms. The van der Waals surface area contributed by atoms with Crippen molar-refractivity contribution in [1.82, 2.24) is 9.88 Å². The molecule has 0 unspecified atom stereocenters. The smallest absolute Gasteiger partial charge is 0.0703 e. The number of anilines is 1. The van der Waals surface area contributed by atoms with Crippen molar-refractivity contribution >= 4 is 16.6 Å². The lowest BCUT2D eigenvalue weighted by atomic mass is 10.0. The summed E-state index contributed by atoms with van der Waals surface area (Å²) in [7, 11) is 0. The summed E-state index contributed by atoms with van der Waals surface area (Å²) in [6.45, 7) is 3.35. The molecule has 1 saturated heterocycles. The molecule has 2 aromatic carbocycles. The van der Waals surface area contributed by atoms with E-state index in [1.807, 2.05) is 12.3 Å². The fourth-order valence-electron chi connectivity index (χ4n) is 3.46. The zero-order valence-corrected chi connectivity index (χ0v) is 13.9. The summed E-state index contributed by atoms with van der Waals surface area (Å²) >= 11 is 0. The van der Waals surface area contributed by atoms with E-state index in [-0.39, 0.29) is 0 Å². The summed E-state index contributed by atoms with van der Waals surface area (Å²) in [5.41, 5.74) is 3.60. The standard InChI is InChI=1S/C21H23N3/c1-2-6-17(7-3-1)16-24-12-10-19(11-13-24)23-20-14-18-8-4-5-9-21(18)22-15-20/h1-9,14-15,19,23H,10-13,16H2. The van der Waals surface area contributed by atoms with Crippen molar-refractivity contribution in [2.75, 3.05) is 18.4 Å². The predicted octanol–water partition coefficient (Wildman–Crippen LogP) is 4.31.